The van der Waals surface area contributed by atoms with Crippen molar-refractivity contribution in [2.45, 2.75) is 6.17 Å². The zero-order chi connectivity index (χ0) is 10.1. The number of hydrogen-bond acceptors (Lipinski definition) is 3. The number of nitrogen functional groups attached to an aromatic ring is 1. The zero-order valence-electron chi connectivity index (χ0n) is 8.51. The monoisotopic (exact) mass is 189 g/mol. The first kappa shape index (κ1) is 8.94. The van der Waals surface area contributed by atoms with Gasteiger partial charge >= 0.3 is 0 Å². The summed E-state index contributed by atoms with van der Waals surface area (Å²) in [5.74, 6) is 0. The molecule has 1 aromatic rings. The minimum Gasteiger partial charge on any atom is -0.399 e. The second-order valence-electron chi connectivity index (χ2n) is 3.67. The average molecular weight is 189 g/mol. The molecule has 0 atom stereocenters. The van der Waals surface area contributed by atoms with Crippen molar-refractivity contribution < 1.29 is 0 Å². The molecule has 0 unspecified atom stereocenters. The standard InChI is InChI=1S/C11H15N3/c1-13-7-8-14(2)11(13)9-3-5-10(12)6-4-9/h3-8,11H,12H2,1-2H3. The lowest BCUT2D eigenvalue weighted by Gasteiger charge is -2.27. The maximum Gasteiger partial charge on any atom is 0.127 e. The highest BCUT2D eigenvalue weighted by Gasteiger charge is 2.21. The fourth-order valence-electron chi connectivity index (χ4n) is 1.80. The van der Waals surface area contributed by atoms with Gasteiger partial charge in [-0.05, 0) is 17.7 Å². The number of rotatable bonds is 1. The van der Waals surface area contributed by atoms with E-state index < -0.39 is 0 Å². The minimum atomic E-state index is 0.301. The molecule has 3 heteroatoms. The SMILES string of the molecule is CN1C=CN(C)C1c1ccc(N)cc1. The van der Waals surface area contributed by atoms with Gasteiger partial charge in [0.2, 0.25) is 0 Å². The van der Waals surface area contributed by atoms with E-state index in [0.717, 1.165) is 5.69 Å². The summed E-state index contributed by atoms with van der Waals surface area (Å²) in [4.78, 5) is 4.34. The number of anilines is 1. The summed E-state index contributed by atoms with van der Waals surface area (Å²) in [5.41, 5.74) is 7.72. The fraction of sp³-hybridized carbons (Fsp3) is 0.273. The van der Waals surface area contributed by atoms with E-state index in [1.54, 1.807) is 0 Å². The summed E-state index contributed by atoms with van der Waals surface area (Å²) in [6.45, 7) is 0. The van der Waals surface area contributed by atoms with Gasteiger partial charge in [-0.3, -0.25) is 0 Å². The molecule has 1 heterocycles. The predicted molar refractivity (Wildman–Crippen MR) is 58.3 cm³/mol. The Morgan fingerprint density at radius 2 is 1.50 bits per heavy atom. The van der Waals surface area contributed by atoms with Crippen LogP contribution in [0.3, 0.4) is 0 Å². The van der Waals surface area contributed by atoms with Crippen LogP contribution < -0.4 is 5.73 Å². The van der Waals surface area contributed by atoms with Gasteiger partial charge in [0.05, 0.1) is 0 Å². The van der Waals surface area contributed by atoms with Crippen molar-refractivity contribution in [1.82, 2.24) is 9.80 Å². The van der Waals surface area contributed by atoms with Gasteiger partial charge in [-0.15, -0.1) is 0 Å². The molecule has 1 aromatic carbocycles. The third-order valence-corrected chi connectivity index (χ3v) is 2.54. The molecule has 0 saturated carbocycles. The van der Waals surface area contributed by atoms with Crippen LogP contribution in [0.5, 0.6) is 0 Å². The quantitative estimate of drug-likeness (QED) is 0.681. The molecule has 0 radical (unpaired) electrons. The van der Waals surface area contributed by atoms with E-state index in [9.17, 15) is 0 Å². The Kier molecular flexibility index (Phi) is 2.08. The van der Waals surface area contributed by atoms with Crippen LogP contribution in [-0.2, 0) is 0 Å². The van der Waals surface area contributed by atoms with Crippen LogP contribution in [0.2, 0.25) is 0 Å². The molecule has 0 spiro atoms. The Balaban J connectivity index is 2.27. The lowest BCUT2D eigenvalue weighted by Crippen LogP contribution is -2.25. The molecule has 2 N–H and O–H groups in total. The lowest BCUT2D eigenvalue weighted by molar-refractivity contribution is 0.209. The molecular weight excluding hydrogens is 174 g/mol. The third-order valence-electron chi connectivity index (χ3n) is 2.54. The van der Waals surface area contributed by atoms with Gasteiger partial charge in [0, 0.05) is 32.2 Å². The molecular formula is C11H15N3. The summed E-state index contributed by atoms with van der Waals surface area (Å²) >= 11 is 0. The second kappa shape index (κ2) is 3.25. The van der Waals surface area contributed by atoms with E-state index in [1.165, 1.54) is 5.56 Å². The van der Waals surface area contributed by atoms with Crippen LogP contribution in [0.1, 0.15) is 11.7 Å². The summed E-state index contributed by atoms with van der Waals surface area (Å²) in [5, 5.41) is 0. The van der Waals surface area contributed by atoms with E-state index >= 15 is 0 Å². The molecule has 0 bridgehead atoms. The molecule has 3 nitrogen and oxygen atoms in total. The van der Waals surface area contributed by atoms with Crippen LogP contribution in [-0.4, -0.2) is 23.9 Å². The van der Waals surface area contributed by atoms with Gasteiger partial charge in [-0.2, -0.15) is 0 Å². The van der Waals surface area contributed by atoms with E-state index in [-0.39, 0.29) is 0 Å². The summed E-state index contributed by atoms with van der Waals surface area (Å²) in [7, 11) is 4.14. The van der Waals surface area contributed by atoms with E-state index in [0.29, 0.717) is 6.17 Å². The highest BCUT2D eigenvalue weighted by Crippen LogP contribution is 2.27. The van der Waals surface area contributed by atoms with E-state index in [1.807, 2.05) is 12.1 Å². The minimum absolute atomic E-state index is 0.301. The second-order valence-corrected chi connectivity index (χ2v) is 3.67. The largest absolute Gasteiger partial charge is 0.399 e. The summed E-state index contributed by atoms with van der Waals surface area (Å²) in [6, 6.07) is 8.02. The smallest absolute Gasteiger partial charge is 0.127 e. The Morgan fingerprint density at radius 1 is 1.00 bits per heavy atom. The first-order valence-corrected chi connectivity index (χ1v) is 4.66. The maximum absolute atomic E-state index is 5.65. The normalized spacial score (nSPS) is 16.7. The van der Waals surface area contributed by atoms with Crippen molar-refractivity contribution >= 4 is 5.69 Å². The first-order chi connectivity index (χ1) is 6.68. The lowest BCUT2D eigenvalue weighted by atomic mass is 10.1. The highest BCUT2D eigenvalue weighted by molar-refractivity contribution is 5.40. The first-order valence-electron chi connectivity index (χ1n) is 4.66. The van der Waals surface area contributed by atoms with Crippen molar-refractivity contribution in [3.05, 3.63) is 42.2 Å². The summed E-state index contributed by atoms with van der Waals surface area (Å²) < 4.78 is 0. The zero-order valence-corrected chi connectivity index (χ0v) is 8.51. The van der Waals surface area contributed by atoms with Crippen LogP contribution >= 0.6 is 0 Å². The van der Waals surface area contributed by atoms with Crippen LogP contribution in [0.4, 0.5) is 5.69 Å². The molecule has 0 amide bonds. The van der Waals surface area contributed by atoms with E-state index in [2.05, 4.69) is 48.4 Å². The van der Waals surface area contributed by atoms with Crippen molar-refractivity contribution in [3.63, 3.8) is 0 Å². The fourth-order valence-corrected chi connectivity index (χ4v) is 1.80. The number of hydrogen-bond donors (Lipinski definition) is 1. The number of nitrogens with zero attached hydrogens (tertiary/aromatic N) is 2. The van der Waals surface area contributed by atoms with Gasteiger partial charge in [0.15, 0.2) is 0 Å². The predicted octanol–water partition coefficient (Wildman–Crippen LogP) is 1.62. The third kappa shape index (κ3) is 1.41. The number of nitrogens with two attached hydrogens (primary N) is 1. The van der Waals surface area contributed by atoms with Crippen molar-refractivity contribution in [3.8, 4) is 0 Å². The Morgan fingerprint density at radius 3 is 2.00 bits per heavy atom. The topological polar surface area (TPSA) is 32.5 Å². The molecule has 0 aliphatic carbocycles. The van der Waals surface area contributed by atoms with E-state index in [4.69, 9.17) is 5.73 Å². The maximum atomic E-state index is 5.65. The van der Waals surface area contributed by atoms with Crippen LogP contribution in [0.25, 0.3) is 0 Å². The molecule has 2 rings (SSSR count). The highest BCUT2D eigenvalue weighted by atomic mass is 15.4. The van der Waals surface area contributed by atoms with Gasteiger partial charge in [0.1, 0.15) is 6.17 Å². The Bertz CT molecular complexity index is 330. The van der Waals surface area contributed by atoms with Crippen molar-refractivity contribution in [2.24, 2.45) is 0 Å². The molecule has 14 heavy (non-hydrogen) atoms. The van der Waals surface area contributed by atoms with Gasteiger partial charge in [-0.25, -0.2) is 0 Å². The Hall–Kier alpha value is -1.64. The molecule has 74 valence electrons. The summed E-state index contributed by atoms with van der Waals surface area (Å²) in [6.07, 6.45) is 4.44. The Labute approximate surface area is 84.4 Å². The molecule has 0 saturated heterocycles. The van der Waals surface area contributed by atoms with Gasteiger partial charge in [-0.1, -0.05) is 12.1 Å². The molecule has 0 aromatic heterocycles. The van der Waals surface area contributed by atoms with Crippen LogP contribution in [0, 0.1) is 0 Å². The van der Waals surface area contributed by atoms with Gasteiger partial charge < -0.3 is 15.5 Å². The number of benzene rings is 1. The molecule has 1 aliphatic heterocycles. The van der Waals surface area contributed by atoms with Crippen molar-refractivity contribution in [2.75, 3.05) is 19.8 Å². The molecule has 0 fully saturated rings. The molecule has 1 aliphatic rings. The van der Waals surface area contributed by atoms with Crippen LogP contribution in [0.15, 0.2) is 36.7 Å². The van der Waals surface area contributed by atoms with Crippen molar-refractivity contribution in [1.29, 1.82) is 0 Å². The average Bonchev–Trinajstić information content (AvgIpc) is 2.49. The van der Waals surface area contributed by atoms with Gasteiger partial charge in [0.25, 0.3) is 0 Å².